The SMILES string of the molecule is CC(C)(C)c1cc2c(cc1F)CNCC2.CC(C)(C)c1ccc2c(c1)CCNC2.CC(C)(C)c1ccc2c(c1)CCNC2(C)C.CC(C)(C)c1ccc2c(c1)CCNC21CC1.CC(C)(C)c1ccc2c(c1)CNCC2.CC(C)(C)c1ccc2c(c1)CNCC2(C)C.CC(C)(C)c1ccc2c(c1)CNCC21CC1. The molecule has 0 saturated heterocycles. The summed E-state index contributed by atoms with van der Waals surface area (Å²) in [4.78, 5) is 0. The Kier molecular flexibility index (Phi) is 25.4. The highest BCUT2D eigenvalue weighted by atomic mass is 19.1. The van der Waals surface area contributed by atoms with Gasteiger partial charge in [-0.3, -0.25) is 0 Å². The zero-order valence-corrected chi connectivity index (χ0v) is 71.8. The van der Waals surface area contributed by atoms with Crippen molar-refractivity contribution in [2.45, 2.75) is 323 Å². The van der Waals surface area contributed by atoms with E-state index < -0.39 is 0 Å². The summed E-state index contributed by atoms with van der Waals surface area (Å²) in [6, 6.07) is 45.9. The monoisotopic (exact) mass is 1450 g/mol. The first-order valence-corrected chi connectivity index (χ1v) is 41.4. The molecule has 107 heavy (non-hydrogen) atoms. The normalized spacial score (nSPS) is 18.9. The second-order valence-electron chi connectivity index (χ2n) is 41.5. The summed E-state index contributed by atoms with van der Waals surface area (Å²) in [5, 5.41) is 24.4. The Morgan fingerprint density at radius 1 is 0.280 bits per heavy atom. The van der Waals surface area contributed by atoms with Gasteiger partial charge in [0.1, 0.15) is 5.82 Å². The highest BCUT2D eigenvalue weighted by Crippen LogP contribution is 2.52. The van der Waals surface area contributed by atoms with Gasteiger partial charge in [-0.05, 0) is 259 Å². The van der Waals surface area contributed by atoms with Gasteiger partial charge in [0.15, 0.2) is 0 Å². The average molecular weight is 1450 g/mol. The van der Waals surface area contributed by atoms with Crippen LogP contribution in [-0.4, -0.2) is 45.8 Å². The molecule has 0 atom stereocenters. The molecule has 0 aromatic heterocycles. The van der Waals surface area contributed by atoms with Crippen LogP contribution in [0, 0.1) is 5.82 Å². The number of benzene rings is 7. The van der Waals surface area contributed by atoms with Crippen LogP contribution in [0.3, 0.4) is 0 Å². The molecule has 16 rings (SSSR count). The van der Waals surface area contributed by atoms with Crippen LogP contribution in [0.4, 0.5) is 4.39 Å². The predicted molar refractivity (Wildman–Crippen MR) is 457 cm³/mol. The van der Waals surface area contributed by atoms with Crippen molar-refractivity contribution in [2.75, 3.05) is 45.8 Å². The van der Waals surface area contributed by atoms with Crippen molar-refractivity contribution >= 4 is 0 Å². The van der Waals surface area contributed by atoms with Gasteiger partial charge in [0.2, 0.25) is 0 Å². The van der Waals surface area contributed by atoms with E-state index in [1.54, 1.807) is 22.8 Å². The fourth-order valence-electron chi connectivity index (χ4n) is 16.6. The van der Waals surface area contributed by atoms with Crippen molar-refractivity contribution in [3.05, 3.63) is 244 Å². The Balaban J connectivity index is 0.000000133. The van der Waals surface area contributed by atoms with E-state index >= 15 is 0 Å². The van der Waals surface area contributed by atoms with Gasteiger partial charge in [-0.25, -0.2) is 4.39 Å². The maximum Gasteiger partial charge on any atom is 0.127 e. The molecule has 7 aliphatic heterocycles. The van der Waals surface area contributed by atoms with Crippen molar-refractivity contribution in [1.29, 1.82) is 0 Å². The highest BCUT2D eigenvalue weighted by Gasteiger charge is 2.48. The molecule has 2 saturated carbocycles. The molecule has 2 aliphatic carbocycles. The van der Waals surface area contributed by atoms with E-state index in [9.17, 15) is 4.39 Å². The zero-order chi connectivity index (χ0) is 78.1. The Morgan fingerprint density at radius 3 is 1.10 bits per heavy atom. The van der Waals surface area contributed by atoms with E-state index in [-0.39, 0.29) is 54.7 Å². The van der Waals surface area contributed by atoms with Gasteiger partial charge in [0.05, 0.1) is 0 Å². The lowest BCUT2D eigenvalue weighted by molar-refractivity contribution is 0.381. The molecule has 7 aromatic rings. The van der Waals surface area contributed by atoms with Crippen LogP contribution in [0.1, 0.15) is 316 Å². The van der Waals surface area contributed by atoms with E-state index in [1.807, 2.05) is 6.07 Å². The van der Waals surface area contributed by atoms with Gasteiger partial charge in [0, 0.05) is 74.3 Å². The van der Waals surface area contributed by atoms with E-state index in [0.717, 1.165) is 96.0 Å². The second kappa shape index (κ2) is 32.5. The van der Waals surface area contributed by atoms with Crippen molar-refractivity contribution in [1.82, 2.24) is 37.2 Å². The van der Waals surface area contributed by atoms with E-state index in [1.165, 1.54) is 141 Å². The minimum absolute atomic E-state index is 0.0649. The van der Waals surface area contributed by atoms with E-state index in [2.05, 4.69) is 320 Å². The number of nitrogens with one attached hydrogen (secondary N) is 7. The largest absolute Gasteiger partial charge is 0.312 e. The van der Waals surface area contributed by atoms with Gasteiger partial charge in [0.25, 0.3) is 0 Å². The summed E-state index contributed by atoms with van der Waals surface area (Å²) in [6.07, 6.45) is 11.1. The van der Waals surface area contributed by atoms with Crippen molar-refractivity contribution in [2.24, 2.45) is 0 Å². The topological polar surface area (TPSA) is 84.2 Å². The molecule has 0 bridgehead atoms. The molecule has 0 unspecified atom stereocenters. The first kappa shape index (κ1) is 83.7. The van der Waals surface area contributed by atoms with Crippen LogP contribution >= 0.6 is 0 Å². The molecule has 7 heterocycles. The second-order valence-corrected chi connectivity index (χ2v) is 41.5. The van der Waals surface area contributed by atoms with Crippen LogP contribution in [0.15, 0.2) is 121 Å². The van der Waals surface area contributed by atoms with Crippen LogP contribution < -0.4 is 37.2 Å². The summed E-state index contributed by atoms with van der Waals surface area (Å²) < 4.78 is 13.8. The molecule has 2 spiro atoms. The van der Waals surface area contributed by atoms with E-state index in [4.69, 9.17) is 0 Å². The quantitative estimate of drug-likeness (QED) is 0.0815. The standard InChI is InChI=1S/2C15H21N.2C15H23N.C13H18FN.2C13H19N/c1-14(2,3)12-4-5-13-11(10-12)6-9-16-15(13)7-8-15;1-14(2,3)12-4-5-13-11(8-12)9-16-10-15(13)6-7-15;1-14(2,3)12-6-7-13-11(8-12)9-16-10-15(13,4)5;1-14(2,3)12-6-7-13-11(10-12)8-9-16-15(13,4)5;1-13(2,3)11-6-9-4-5-15-8-10(9)7-12(11)14;1-13(2,3)12-5-4-11-9-14-7-6-10(11)8-12;1-13(2,3)12-5-4-10-6-7-14-9-11(10)8-12/h4-5,10,16H,6-9H2,1-3H3;4-5,8,16H,6-7,9-10H2,1-3H3;6-8,16H,9-10H2,1-5H3;6-7,10,16H,8-9H2,1-5H3;6-7,15H,4-5,8H2,1-3H3;2*4-5,8,14H,6-7,9H2,1-3H3. The van der Waals surface area contributed by atoms with Crippen molar-refractivity contribution in [3.8, 4) is 0 Å². The lowest BCUT2D eigenvalue weighted by Crippen LogP contribution is -2.42. The molecule has 9 aliphatic rings. The number of halogens is 1. The third kappa shape index (κ3) is 21.3. The van der Waals surface area contributed by atoms with Crippen LogP contribution in [-0.2, 0) is 125 Å². The number of rotatable bonds is 0. The summed E-state index contributed by atoms with van der Waals surface area (Å²) >= 11 is 0. The van der Waals surface area contributed by atoms with Gasteiger partial charge in [-0.1, -0.05) is 275 Å². The van der Waals surface area contributed by atoms with Crippen LogP contribution in [0.2, 0.25) is 0 Å². The fourth-order valence-corrected chi connectivity index (χ4v) is 16.6. The molecule has 7 N–H and O–H groups in total. The molecular formula is C99H144FN7. The Labute approximate surface area is 651 Å². The van der Waals surface area contributed by atoms with Crippen LogP contribution in [0.25, 0.3) is 0 Å². The number of hydrogen-bond donors (Lipinski definition) is 7. The minimum Gasteiger partial charge on any atom is -0.312 e. The van der Waals surface area contributed by atoms with Crippen molar-refractivity contribution in [3.63, 3.8) is 0 Å². The van der Waals surface area contributed by atoms with Gasteiger partial charge >= 0.3 is 0 Å². The van der Waals surface area contributed by atoms with E-state index in [0.29, 0.717) is 11.0 Å². The van der Waals surface area contributed by atoms with Crippen LogP contribution in [0.5, 0.6) is 0 Å². The fraction of sp³-hybridized carbons (Fsp3) is 0.576. The summed E-state index contributed by atoms with van der Waals surface area (Å²) in [5.74, 6) is -0.0649. The molecule has 582 valence electrons. The molecular weight excluding hydrogens is 1310 g/mol. The predicted octanol–water partition coefficient (Wildman–Crippen LogP) is 21.0. The Hall–Kier alpha value is -5.81. The average Bonchev–Trinajstić information content (AvgIpc) is 1.61. The minimum atomic E-state index is -0.107. The maximum absolute atomic E-state index is 13.8. The maximum atomic E-state index is 13.8. The summed E-state index contributed by atoms with van der Waals surface area (Å²) in [6.45, 7) is 69.1. The molecule has 0 amide bonds. The summed E-state index contributed by atoms with van der Waals surface area (Å²) in [5.41, 5.74) is 33.1. The molecule has 7 aromatic carbocycles. The Bertz CT molecular complexity index is 3830. The smallest absolute Gasteiger partial charge is 0.127 e. The molecule has 2 fully saturated rings. The molecule has 8 heteroatoms. The van der Waals surface area contributed by atoms with Crippen molar-refractivity contribution < 1.29 is 4.39 Å². The summed E-state index contributed by atoms with van der Waals surface area (Å²) in [7, 11) is 0. The molecule has 7 nitrogen and oxygen atoms in total. The first-order chi connectivity index (χ1) is 49.8. The number of hydrogen-bond acceptors (Lipinski definition) is 7. The van der Waals surface area contributed by atoms with Gasteiger partial charge in [-0.15, -0.1) is 0 Å². The lowest BCUT2D eigenvalue weighted by atomic mass is 9.76. The van der Waals surface area contributed by atoms with Gasteiger partial charge in [-0.2, -0.15) is 0 Å². The number of fused-ring (bicyclic) bond motifs is 9. The zero-order valence-electron chi connectivity index (χ0n) is 71.8. The first-order valence-electron chi connectivity index (χ1n) is 41.4. The lowest BCUT2D eigenvalue weighted by Gasteiger charge is -2.35. The molecule has 0 radical (unpaired) electrons. The highest BCUT2D eigenvalue weighted by molar-refractivity contribution is 5.48. The van der Waals surface area contributed by atoms with Gasteiger partial charge < -0.3 is 37.2 Å². The third-order valence-electron chi connectivity index (χ3n) is 24.4. The Morgan fingerprint density at radius 2 is 0.626 bits per heavy atom. The third-order valence-corrected chi connectivity index (χ3v) is 24.4.